The van der Waals surface area contributed by atoms with Gasteiger partial charge in [-0.05, 0) is 24.1 Å². The molecule has 23 heavy (non-hydrogen) atoms. The molecule has 1 aromatic heterocycles. The van der Waals surface area contributed by atoms with Crippen molar-refractivity contribution in [1.29, 1.82) is 0 Å². The molecule has 1 aliphatic heterocycles. The minimum Gasteiger partial charge on any atom is -0.375 e. The Kier molecular flexibility index (Phi) is 4.92. The number of benzene rings is 1. The molecule has 1 aromatic carbocycles. The van der Waals surface area contributed by atoms with Crippen molar-refractivity contribution in [3.8, 4) is 0 Å². The van der Waals surface area contributed by atoms with Crippen molar-refractivity contribution in [3.63, 3.8) is 0 Å². The maximum absolute atomic E-state index is 12.2. The molecular weight excluding hydrogens is 292 g/mol. The number of carbonyl (C=O) groups is 1. The quantitative estimate of drug-likeness (QED) is 0.937. The van der Waals surface area contributed by atoms with E-state index in [-0.39, 0.29) is 12.1 Å². The van der Waals surface area contributed by atoms with Crippen LogP contribution in [0.1, 0.15) is 18.1 Å². The Morgan fingerprint density at radius 2 is 2.26 bits per heavy atom. The van der Waals surface area contributed by atoms with Crippen LogP contribution in [0.2, 0.25) is 0 Å². The second-order valence-corrected chi connectivity index (χ2v) is 5.81. The van der Waals surface area contributed by atoms with Gasteiger partial charge in [0.05, 0.1) is 19.3 Å². The summed E-state index contributed by atoms with van der Waals surface area (Å²) < 4.78 is 7.34. The third-order valence-corrected chi connectivity index (χ3v) is 3.87. The van der Waals surface area contributed by atoms with Crippen LogP contribution in [0, 0.1) is 0 Å². The maximum Gasteiger partial charge on any atom is 0.317 e. The molecule has 1 fully saturated rings. The van der Waals surface area contributed by atoms with Gasteiger partial charge in [-0.25, -0.2) is 4.79 Å². The van der Waals surface area contributed by atoms with Crippen LogP contribution in [0.15, 0.2) is 42.7 Å². The van der Waals surface area contributed by atoms with Crippen LogP contribution in [0.25, 0.3) is 0 Å². The van der Waals surface area contributed by atoms with Gasteiger partial charge in [-0.3, -0.25) is 4.68 Å². The van der Waals surface area contributed by atoms with Gasteiger partial charge in [0, 0.05) is 32.0 Å². The maximum atomic E-state index is 12.2. The van der Waals surface area contributed by atoms with Crippen molar-refractivity contribution < 1.29 is 9.53 Å². The first-order valence-corrected chi connectivity index (χ1v) is 7.90. The first-order chi connectivity index (χ1) is 11.2. The van der Waals surface area contributed by atoms with E-state index >= 15 is 0 Å². The fourth-order valence-corrected chi connectivity index (χ4v) is 2.71. The Bertz CT molecular complexity index is 642. The standard InChI is InChI=1S/C17H22N4O2/c1-14-12-20(8-9-23-14)17(22)18-11-15-4-2-5-16(10-15)13-21-7-3-6-19-21/h2-7,10,14H,8-9,11-13H2,1H3,(H,18,22)/t14-/m1/s1. The van der Waals surface area contributed by atoms with Crippen LogP contribution in [0.5, 0.6) is 0 Å². The molecular formula is C17H22N4O2. The number of urea groups is 1. The van der Waals surface area contributed by atoms with Crippen LogP contribution < -0.4 is 5.32 Å². The lowest BCUT2D eigenvalue weighted by molar-refractivity contribution is -0.00351. The number of morpholine rings is 1. The molecule has 1 N–H and O–H groups in total. The number of hydrogen-bond donors (Lipinski definition) is 1. The second-order valence-electron chi connectivity index (χ2n) is 5.81. The Morgan fingerprint density at radius 1 is 1.39 bits per heavy atom. The molecule has 2 amide bonds. The van der Waals surface area contributed by atoms with Crippen LogP contribution in [-0.4, -0.2) is 46.5 Å². The predicted molar refractivity (Wildman–Crippen MR) is 87.0 cm³/mol. The number of ether oxygens (including phenoxy) is 1. The molecule has 0 bridgehead atoms. The Morgan fingerprint density at radius 3 is 3.04 bits per heavy atom. The van der Waals surface area contributed by atoms with E-state index in [1.165, 1.54) is 5.56 Å². The highest BCUT2D eigenvalue weighted by Gasteiger charge is 2.20. The van der Waals surface area contributed by atoms with E-state index in [1.54, 1.807) is 6.20 Å². The molecule has 0 unspecified atom stereocenters. The summed E-state index contributed by atoms with van der Waals surface area (Å²) >= 11 is 0. The number of carbonyl (C=O) groups excluding carboxylic acids is 1. The van der Waals surface area contributed by atoms with Crippen LogP contribution in [0.4, 0.5) is 4.79 Å². The number of amides is 2. The lowest BCUT2D eigenvalue weighted by Gasteiger charge is -2.31. The van der Waals surface area contributed by atoms with E-state index in [0.29, 0.717) is 26.2 Å². The number of aromatic nitrogens is 2. The van der Waals surface area contributed by atoms with Crippen molar-refractivity contribution in [3.05, 3.63) is 53.9 Å². The van der Waals surface area contributed by atoms with Gasteiger partial charge in [-0.1, -0.05) is 24.3 Å². The average Bonchev–Trinajstić information content (AvgIpc) is 3.06. The monoisotopic (exact) mass is 314 g/mol. The van der Waals surface area contributed by atoms with E-state index in [9.17, 15) is 4.79 Å². The van der Waals surface area contributed by atoms with E-state index in [0.717, 1.165) is 12.1 Å². The molecule has 0 radical (unpaired) electrons. The predicted octanol–water partition coefficient (Wildman–Crippen LogP) is 1.86. The molecule has 0 spiro atoms. The smallest absolute Gasteiger partial charge is 0.317 e. The molecule has 6 nitrogen and oxygen atoms in total. The molecule has 1 atom stereocenters. The fraction of sp³-hybridized carbons (Fsp3) is 0.412. The van der Waals surface area contributed by atoms with Gasteiger partial charge in [0.1, 0.15) is 0 Å². The Hall–Kier alpha value is -2.34. The molecule has 0 saturated carbocycles. The van der Waals surface area contributed by atoms with Crippen LogP contribution in [-0.2, 0) is 17.8 Å². The minimum atomic E-state index is -0.0300. The Labute approximate surface area is 136 Å². The number of nitrogens with one attached hydrogen (secondary N) is 1. The summed E-state index contributed by atoms with van der Waals surface area (Å²) in [5.74, 6) is 0. The van der Waals surface area contributed by atoms with Crippen molar-refractivity contribution in [2.75, 3.05) is 19.7 Å². The first-order valence-electron chi connectivity index (χ1n) is 7.90. The highest BCUT2D eigenvalue weighted by atomic mass is 16.5. The molecule has 6 heteroatoms. The summed E-state index contributed by atoms with van der Waals surface area (Å²) in [7, 11) is 0. The summed E-state index contributed by atoms with van der Waals surface area (Å²) in [6.07, 6.45) is 3.81. The molecule has 0 aliphatic carbocycles. The molecule has 1 saturated heterocycles. The Balaban J connectivity index is 1.54. The largest absolute Gasteiger partial charge is 0.375 e. The van der Waals surface area contributed by atoms with Gasteiger partial charge in [0.15, 0.2) is 0 Å². The lowest BCUT2D eigenvalue weighted by Crippen LogP contribution is -2.48. The molecule has 1 aliphatic rings. The van der Waals surface area contributed by atoms with Crippen LogP contribution in [0.3, 0.4) is 0 Å². The van der Waals surface area contributed by atoms with Crippen molar-refractivity contribution >= 4 is 6.03 Å². The van der Waals surface area contributed by atoms with E-state index in [4.69, 9.17) is 4.74 Å². The second kappa shape index (κ2) is 7.28. The van der Waals surface area contributed by atoms with E-state index < -0.39 is 0 Å². The topological polar surface area (TPSA) is 59.4 Å². The molecule has 122 valence electrons. The van der Waals surface area contributed by atoms with Crippen molar-refractivity contribution in [2.45, 2.75) is 26.1 Å². The molecule has 2 heterocycles. The summed E-state index contributed by atoms with van der Waals surface area (Å²) in [5.41, 5.74) is 2.25. The highest BCUT2D eigenvalue weighted by Crippen LogP contribution is 2.08. The van der Waals surface area contributed by atoms with Crippen molar-refractivity contribution in [1.82, 2.24) is 20.0 Å². The lowest BCUT2D eigenvalue weighted by atomic mass is 10.1. The molecule has 3 rings (SSSR count). The van der Waals surface area contributed by atoms with Gasteiger partial charge in [0.2, 0.25) is 0 Å². The third-order valence-electron chi connectivity index (χ3n) is 3.87. The highest BCUT2D eigenvalue weighted by molar-refractivity contribution is 5.74. The van der Waals surface area contributed by atoms with E-state index in [1.807, 2.05) is 40.9 Å². The number of rotatable bonds is 4. The van der Waals surface area contributed by atoms with Crippen molar-refractivity contribution in [2.24, 2.45) is 0 Å². The van der Waals surface area contributed by atoms with E-state index in [2.05, 4.69) is 22.5 Å². The zero-order valence-corrected chi connectivity index (χ0v) is 13.3. The van der Waals surface area contributed by atoms with Gasteiger partial charge in [-0.15, -0.1) is 0 Å². The number of hydrogen-bond acceptors (Lipinski definition) is 3. The van der Waals surface area contributed by atoms with Gasteiger partial charge in [-0.2, -0.15) is 5.10 Å². The fourth-order valence-electron chi connectivity index (χ4n) is 2.71. The van der Waals surface area contributed by atoms with Gasteiger partial charge in [0.25, 0.3) is 0 Å². The number of nitrogens with zero attached hydrogens (tertiary/aromatic N) is 3. The zero-order chi connectivity index (χ0) is 16.1. The third kappa shape index (κ3) is 4.32. The molecule has 2 aromatic rings. The first kappa shape index (κ1) is 15.6. The summed E-state index contributed by atoms with van der Waals surface area (Å²) in [4.78, 5) is 14.0. The van der Waals surface area contributed by atoms with Crippen LogP contribution >= 0.6 is 0 Å². The van der Waals surface area contributed by atoms with Gasteiger partial charge < -0.3 is 15.0 Å². The van der Waals surface area contributed by atoms with Gasteiger partial charge >= 0.3 is 6.03 Å². The minimum absolute atomic E-state index is 0.0300. The summed E-state index contributed by atoms with van der Waals surface area (Å²) in [6.45, 7) is 5.14. The SMILES string of the molecule is C[C@@H]1CN(C(=O)NCc2cccc(Cn3cccn3)c2)CCO1. The average molecular weight is 314 g/mol. The normalized spacial score (nSPS) is 18.0. The summed E-state index contributed by atoms with van der Waals surface area (Å²) in [6, 6.07) is 10.1. The summed E-state index contributed by atoms with van der Waals surface area (Å²) in [5, 5.41) is 7.20. The zero-order valence-electron chi connectivity index (χ0n) is 13.3.